The van der Waals surface area contributed by atoms with E-state index in [2.05, 4.69) is 54.5 Å². The zero-order valence-corrected chi connectivity index (χ0v) is 26.0. The first-order valence-electron chi connectivity index (χ1n) is 14.7. The van der Waals surface area contributed by atoms with Crippen LogP contribution in [-0.4, -0.2) is 68.1 Å². The van der Waals surface area contributed by atoms with Crippen molar-refractivity contribution in [2.75, 3.05) is 41.4 Å². The van der Waals surface area contributed by atoms with Crippen LogP contribution in [0.15, 0.2) is 35.4 Å². The highest BCUT2D eigenvalue weighted by Crippen LogP contribution is 2.40. The molecule has 2 aromatic rings. The lowest BCUT2D eigenvalue weighted by Crippen LogP contribution is -2.41. The minimum atomic E-state index is -4.25. The van der Waals surface area contributed by atoms with Crippen molar-refractivity contribution in [3.8, 4) is 0 Å². The Morgan fingerprint density at radius 1 is 1.10 bits per heavy atom. The number of ether oxygens (including phenoxy) is 1. The molecule has 2 amide bonds. The van der Waals surface area contributed by atoms with Gasteiger partial charge in [0.1, 0.15) is 23.6 Å². The van der Waals surface area contributed by atoms with Crippen LogP contribution in [0.25, 0.3) is 0 Å². The molecule has 2 N–H and O–H groups in total. The first kappa shape index (κ1) is 30.2. The summed E-state index contributed by atoms with van der Waals surface area (Å²) in [6.07, 6.45) is 3.57. The molecule has 2 fully saturated rings. The molecule has 2 saturated heterocycles. The second kappa shape index (κ2) is 11.4. The van der Waals surface area contributed by atoms with E-state index in [0.717, 1.165) is 25.7 Å². The highest BCUT2D eigenvalue weighted by Gasteiger charge is 2.42. The molecule has 5 rings (SSSR count). The summed E-state index contributed by atoms with van der Waals surface area (Å²) in [5.41, 5.74) is -0.103. The van der Waals surface area contributed by atoms with Gasteiger partial charge in [0.05, 0.1) is 5.56 Å². The Hall–Kier alpha value is -3.25. The molecule has 0 unspecified atom stereocenters. The van der Waals surface area contributed by atoms with Crippen LogP contribution < -0.4 is 19.8 Å². The Kier molecular flexibility index (Phi) is 8.23. The molecule has 228 valence electrons. The van der Waals surface area contributed by atoms with E-state index in [1.165, 1.54) is 6.07 Å². The third-order valence-corrected chi connectivity index (χ3v) is 9.48. The number of rotatable bonds is 4. The van der Waals surface area contributed by atoms with Gasteiger partial charge in [-0.2, -0.15) is 8.42 Å². The average molecular weight is 599 g/mol. The second-order valence-corrected chi connectivity index (χ2v) is 15.0. The van der Waals surface area contributed by atoms with Gasteiger partial charge < -0.3 is 15.0 Å². The average Bonchev–Trinajstić information content (AvgIpc) is 3.42. The number of hydrogen-bond acceptors (Lipinski definition) is 9. The highest BCUT2D eigenvalue weighted by atomic mass is 32.2. The SMILES string of the molecule is CC(C)(C)CCO[C@H]1CCN(c2ccc3c(n2)N2C[C@@H](CCCNc4cccc(n4)S(=O)(=O)NC3=O)CC2(C)C)C1=O. The topological polar surface area (TPSA) is 134 Å². The van der Waals surface area contributed by atoms with Gasteiger partial charge in [0.15, 0.2) is 5.03 Å². The molecule has 0 aromatic carbocycles. The van der Waals surface area contributed by atoms with Crippen LogP contribution in [-0.2, 0) is 19.6 Å². The Morgan fingerprint density at radius 3 is 2.64 bits per heavy atom. The van der Waals surface area contributed by atoms with E-state index in [4.69, 9.17) is 9.72 Å². The molecular formula is C30H42N6O5S. The first-order chi connectivity index (χ1) is 19.7. The molecule has 0 spiro atoms. The van der Waals surface area contributed by atoms with E-state index in [1.54, 1.807) is 29.2 Å². The number of carbonyl (C=O) groups is 2. The zero-order chi connectivity index (χ0) is 30.3. The van der Waals surface area contributed by atoms with Gasteiger partial charge in [-0.25, -0.2) is 14.7 Å². The van der Waals surface area contributed by atoms with Crippen LogP contribution in [0.2, 0.25) is 0 Å². The van der Waals surface area contributed by atoms with Gasteiger partial charge in [-0.05, 0) is 75.1 Å². The second-order valence-electron chi connectivity index (χ2n) is 13.3. The van der Waals surface area contributed by atoms with E-state index < -0.39 is 22.0 Å². The third-order valence-electron chi connectivity index (χ3n) is 8.25. The van der Waals surface area contributed by atoms with Gasteiger partial charge in [-0.15, -0.1) is 0 Å². The van der Waals surface area contributed by atoms with Crippen LogP contribution in [0, 0.1) is 11.3 Å². The quantitative estimate of drug-likeness (QED) is 0.536. The molecular weight excluding hydrogens is 556 g/mol. The van der Waals surface area contributed by atoms with Crippen LogP contribution in [0.4, 0.5) is 17.5 Å². The predicted octanol–water partition coefficient (Wildman–Crippen LogP) is 3.96. The molecule has 3 aliphatic heterocycles. The summed E-state index contributed by atoms with van der Waals surface area (Å²) < 4.78 is 34.5. The van der Waals surface area contributed by atoms with Crippen LogP contribution in [0.3, 0.4) is 0 Å². The van der Waals surface area contributed by atoms with Gasteiger partial charge in [0.25, 0.3) is 21.8 Å². The fraction of sp³-hybridized carbons (Fsp3) is 0.600. The van der Waals surface area contributed by atoms with E-state index >= 15 is 0 Å². The van der Waals surface area contributed by atoms with Crippen molar-refractivity contribution in [2.24, 2.45) is 11.3 Å². The van der Waals surface area contributed by atoms with Crippen molar-refractivity contribution < 1.29 is 22.7 Å². The smallest absolute Gasteiger partial charge is 0.281 e. The summed E-state index contributed by atoms with van der Waals surface area (Å²) in [4.78, 5) is 39.7. The molecule has 4 bridgehead atoms. The van der Waals surface area contributed by atoms with Gasteiger partial charge in [0, 0.05) is 38.2 Å². The van der Waals surface area contributed by atoms with E-state index in [1.807, 2.05) is 0 Å². The van der Waals surface area contributed by atoms with E-state index in [-0.39, 0.29) is 27.5 Å². The molecule has 2 aromatic heterocycles. The number of amides is 2. The molecule has 5 heterocycles. The Balaban J connectivity index is 1.48. The number of anilines is 3. The summed E-state index contributed by atoms with van der Waals surface area (Å²) >= 11 is 0. The van der Waals surface area contributed by atoms with Crippen LogP contribution in [0.1, 0.15) is 77.1 Å². The highest BCUT2D eigenvalue weighted by molar-refractivity contribution is 7.90. The molecule has 2 atom stereocenters. The number of pyridine rings is 2. The van der Waals surface area contributed by atoms with Crippen LogP contribution >= 0.6 is 0 Å². The number of hydrogen-bond donors (Lipinski definition) is 2. The van der Waals surface area contributed by atoms with Crippen molar-refractivity contribution >= 4 is 39.3 Å². The van der Waals surface area contributed by atoms with Crippen molar-refractivity contribution in [2.45, 2.75) is 83.4 Å². The van der Waals surface area contributed by atoms with Gasteiger partial charge in [0.2, 0.25) is 0 Å². The van der Waals surface area contributed by atoms with Gasteiger partial charge >= 0.3 is 0 Å². The molecule has 11 nitrogen and oxygen atoms in total. The first-order valence-corrected chi connectivity index (χ1v) is 16.2. The normalized spacial score (nSPS) is 23.9. The van der Waals surface area contributed by atoms with E-state index in [9.17, 15) is 18.0 Å². The molecule has 0 aliphatic carbocycles. The lowest BCUT2D eigenvalue weighted by molar-refractivity contribution is -0.127. The van der Waals surface area contributed by atoms with Crippen molar-refractivity contribution in [1.82, 2.24) is 14.7 Å². The van der Waals surface area contributed by atoms with Crippen LogP contribution in [0.5, 0.6) is 0 Å². The Morgan fingerprint density at radius 2 is 1.88 bits per heavy atom. The molecule has 0 saturated carbocycles. The minimum Gasteiger partial charge on any atom is -0.370 e. The molecule has 0 radical (unpaired) electrons. The summed E-state index contributed by atoms with van der Waals surface area (Å²) in [5.74, 6) is 0.632. The van der Waals surface area contributed by atoms with E-state index in [0.29, 0.717) is 56.0 Å². The van der Waals surface area contributed by atoms with Crippen molar-refractivity contribution in [1.29, 1.82) is 0 Å². The van der Waals surface area contributed by atoms with Crippen molar-refractivity contribution in [3.05, 3.63) is 35.9 Å². The number of fused-ring (bicyclic) bond motifs is 6. The number of sulfonamides is 1. The summed E-state index contributed by atoms with van der Waals surface area (Å²) in [7, 11) is -4.25. The van der Waals surface area contributed by atoms with Gasteiger partial charge in [-0.1, -0.05) is 26.8 Å². The van der Waals surface area contributed by atoms with Gasteiger partial charge in [-0.3, -0.25) is 14.5 Å². The molecule has 3 aliphatic rings. The summed E-state index contributed by atoms with van der Waals surface area (Å²) in [6.45, 7) is 12.9. The number of nitrogens with zero attached hydrogens (tertiary/aromatic N) is 4. The predicted molar refractivity (Wildman–Crippen MR) is 161 cm³/mol. The number of aromatic nitrogens is 2. The standard InChI is InChI=1S/C30H42N6O5S/c1-29(2,3)14-17-41-22-13-16-35(28(22)38)24-12-11-21-26(33-24)36-19-20(18-30(36,4)5)8-7-15-31-23-9-6-10-25(32-23)42(39,40)34-27(21)37/h6,9-12,20,22H,7-8,13-19H2,1-5H3,(H,31,32)(H,34,37)/t20-,22-/m0/s1. The lowest BCUT2D eigenvalue weighted by atomic mass is 9.93. The number of nitrogens with one attached hydrogen (secondary N) is 2. The van der Waals surface area contributed by atoms with Crippen molar-refractivity contribution in [3.63, 3.8) is 0 Å². The fourth-order valence-electron chi connectivity index (χ4n) is 5.97. The summed E-state index contributed by atoms with van der Waals surface area (Å²) in [5, 5.41) is 2.96. The third kappa shape index (κ3) is 6.54. The molecule has 42 heavy (non-hydrogen) atoms. The monoisotopic (exact) mass is 598 g/mol. The maximum absolute atomic E-state index is 13.6. The maximum Gasteiger partial charge on any atom is 0.281 e. The fourth-order valence-corrected chi connectivity index (χ4v) is 6.90. The summed E-state index contributed by atoms with van der Waals surface area (Å²) in [6, 6.07) is 7.83. The lowest BCUT2D eigenvalue weighted by Gasteiger charge is -2.34. The minimum absolute atomic E-state index is 0.106. The maximum atomic E-state index is 13.6. The molecule has 12 heteroatoms. The zero-order valence-electron chi connectivity index (χ0n) is 25.1. The largest absolute Gasteiger partial charge is 0.370 e. The Bertz CT molecular complexity index is 1450. The Labute approximate surface area is 248 Å². The number of carbonyl (C=O) groups excluding carboxylic acids is 2.